The molecule has 0 bridgehead atoms. The quantitative estimate of drug-likeness (QED) is 0.654. The zero-order valence-electron chi connectivity index (χ0n) is 17.9. The number of amides is 1. The number of hydrogen-bond acceptors (Lipinski definition) is 4. The van der Waals surface area contributed by atoms with Crippen LogP contribution in [0.3, 0.4) is 0 Å². The second-order valence-corrected chi connectivity index (χ2v) is 9.40. The van der Waals surface area contributed by atoms with E-state index in [1.54, 1.807) is 6.92 Å². The maximum atomic E-state index is 13.3. The van der Waals surface area contributed by atoms with E-state index in [1.165, 1.54) is 0 Å². The molecule has 0 aromatic carbocycles. The maximum absolute atomic E-state index is 13.3. The molecule has 160 valence electrons. The normalized spacial score (nSPS) is 20.4. The second-order valence-electron chi connectivity index (χ2n) is 9.40. The number of carbonyl (C=O) groups is 1. The van der Waals surface area contributed by atoms with E-state index in [1.807, 2.05) is 21.7 Å². The molecule has 0 spiro atoms. The summed E-state index contributed by atoms with van der Waals surface area (Å²) in [5.74, 6) is 0.745. The summed E-state index contributed by atoms with van der Waals surface area (Å²) in [6.07, 6.45) is 11.1. The average Bonchev–Trinajstić information content (AvgIpc) is 3.34. The van der Waals surface area contributed by atoms with E-state index in [2.05, 4.69) is 32.9 Å². The molecule has 4 heterocycles. The molecule has 2 aliphatic carbocycles. The summed E-state index contributed by atoms with van der Waals surface area (Å²) in [7, 11) is 0. The van der Waals surface area contributed by atoms with Gasteiger partial charge >= 0.3 is 0 Å². The average molecular weight is 418 g/mol. The Morgan fingerprint density at radius 2 is 1.94 bits per heavy atom. The highest BCUT2D eigenvalue weighted by atomic mass is 16.2. The van der Waals surface area contributed by atoms with E-state index in [0.29, 0.717) is 36.8 Å². The highest BCUT2D eigenvalue weighted by Crippen LogP contribution is 2.41. The number of carbonyl (C=O) groups excluding carboxylic acids is 1. The zero-order valence-corrected chi connectivity index (χ0v) is 17.9. The molecule has 0 radical (unpaired) electrons. The van der Waals surface area contributed by atoms with Crippen molar-refractivity contribution in [3.05, 3.63) is 58.0 Å². The Bertz CT molecular complexity index is 1250. The summed E-state index contributed by atoms with van der Waals surface area (Å²) in [5, 5.41) is 1.13. The third-order valence-corrected chi connectivity index (χ3v) is 7.48. The predicted octanol–water partition coefficient (Wildman–Crippen LogP) is 3.03. The van der Waals surface area contributed by atoms with Crippen LogP contribution in [0.15, 0.2) is 35.4 Å². The molecule has 0 atom stereocenters. The highest BCUT2D eigenvalue weighted by molar-refractivity contribution is 5.95. The van der Waals surface area contributed by atoms with Crippen LogP contribution in [0, 0.1) is 6.92 Å². The van der Waals surface area contributed by atoms with Crippen LogP contribution in [0.2, 0.25) is 0 Å². The van der Waals surface area contributed by atoms with E-state index in [-0.39, 0.29) is 17.0 Å². The van der Waals surface area contributed by atoms with Crippen LogP contribution in [0.25, 0.3) is 11.0 Å². The fourth-order valence-corrected chi connectivity index (χ4v) is 5.71. The van der Waals surface area contributed by atoms with Gasteiger partial charge in [-0.05, 0) is 50.8 Å². The molecule has 3 aliphatic rings. The van der Waals surface area contributed by atoms with Crippen molar-refractivity contribution in [3.8, 4) is 0 Å². The lowest BCUT2D eigenvalue weighted by Crippen LogP contribution is -2.46. The third-order valence-electron chi connectivity index (χ3n) is 7.48. The fraction of sp³-hybridized carbons (Fsp3) is 0.500. The minimum atomic E-state index is -0.268. The van der Waals surface area contributed by atoms with Crippen LogP contribution in [-0.4, -0.2) is 42.5 Å². The molecule has 1 aliphatic heterocycles. The van der Waals surface area contributed by atoms with E-state index in [4.69, 9.17) is 0 Å². The Hall–Kier alpha value is -2.96. The summed E-state index contributed by atoms with van der Waals surface area (Å²) >= 11 is 0. The minimum absolute atomic E-state index is 0.000512. The molecule has 0 saturated heterocycles. The number of fused-ring (bicyclic) bond motifs is 2. The van der Waals surface area contributed by atoms with Crippen LogP contribution in [0.5, 0.6) is 0 Å². The van der Waals surface area contributed by atoms with Crippen molar-refractivity contribution in [2.75, 3.05) is 6.54 Å². The van der Waals surface area contributed by atoms with Crippen molar-refractivity contribution >= 4 is 16.9 Å². The molecule has 6 rings (SSSR count). The summed E-state index contributed by atoms with van der Waals surface area (Å²) < 4.78 is 4.34. The van der Waals surface area contributed by atoms with Gasteiger partial charge in [-0.1, -0.05) is 12.8 Å². The van der Waals surface area contributed by atoms with Crippen LogP contribution < -0.4 is 5.56 Å². The van der Waals surface area contributed by atoms with E-state index < -0.39 is 0 Å². The summed E-state index contributed by atoms with van der Waals surface area (Å²) in [6.45, 7) is 3.16. The first-order valence-electron chi connectivity index (χ1n) is 11.4. The van der Waals surface area contributed by atoms with Gasteiger partial charge in [0.1, 0.15) is 17.2 Å². The lowest BCUT2D eigenvalue weighted by Gasteiger charge is -2.35. The van der Waals surface area contributed by atoms with Gasteiger partial charge in [0.05, 0.1) is 5.54 Å². The summed E-state index contributed by atoms with van der Waals surface area (Å²) in [6, 6.07) is 6.51. The molecular weight excluding hydrogens is 390 g/mol. The first kappa shape index (κ1) is 18.8. The number of hydrogen-bond donors (Lipinski definition) is 0. The monoisotopic (exact) mass is 417 g/mol. The Labute approximate surface area is 180 Å². The Kier molecular flexibility index (Phi) is 4.10. The van der Waals surface area contributed by atoms with Gasteiger partial charge in [-0.25, -0.2) is 4.98 Å². The van der Waals surface area contributed by atoms with Gasteiger partial charge in [-0.15, -0.1) is 0 Å². The summed E-state index contributed by atoms with van der Waals surface area (Å²) in [5.41, 5.74) is 1.58. The van der Waals surface area contributed by atoms with Crippen LogP contribution in [-0.2, 0) is 18.5 Å². The lowest BCUT2D eigenvalue weighted by molar-refractivity contribution is 0.0682. The molecule has 31 heavy (non-hydrogen) atoms. The minimum Gasteiger partial charge on any atom is -0.333 e. The predicted molar refractivity (Wildman–Crippen MR) is 117 cm³/mol. The number of pyridine rings is 1. The van der Waals surface area contributed by atoms with Gasteiger partial charge < -0.3 is 14.0 Å². The molecule has 7 nitrogen and oxygen atoms in total. The summed E-state index contributed by atoms with van der Waals surface area (Å²) in [4.78, 5) is 37.2. The SMILES string of the molecule is Cc1c2n(c(CC3(n4ccc5cccnc54)CCCC3)nc1=O)CCN(C1CC1)C2=O. The van der Waals surface area contributed by atoms with Gasteiger partial charge in [0, 0.05) is 48.9 Å². The Balaban J connectivity index is 1.47. The van der Waals surface area contributed by atoms with E-state index in [0.717, 1.165) is 55.4 Å². The van der Waals surface area contributed by atoms with Crippen molar-refractivity contribution in [2.45, 2.75) is 70.0 Å². The largest absolute Gasteiger partial charge is 0.333 e. The van der Waals surface area contributed by atoms with Gasteiger partial charge in [-0.2, -0.15) is 4.98 Å². The van der Waals surface area contributed by atoms with Crippen molar-refractivity contribution in [1.29, 1.82) is 0 Å². The fourth-order valence-electron chi connectivity index (χ4n) is 5.71. The van der Waals surface area contributed by atoms with Gasteiger partial charge in [-0.3, -0.25) is 9.59 Å². The van der Waals surface area contributed by atoms with Crippen molar-refractivity contribution in [3.63, 3.8) is 0 Å². The lowest BCUT2D eigenvalue weighted by atomic mass is 9.91. The van der Waals surface area contributed by atoms with E-state index >= 15 is 0 Å². The smallest absolute Gasteiger partial charge is 0.276 e. The van der Waals surface area contributed by atoms with Crippen LogP contribution >= 0.6 is 0 Å². The first-order valence-corrected chi connectivity index (χ1v) is 11.4. The number of rotatable bonds is 4. The van der Waals surface area contributed by atoms with Gasteiger partial charge in [0.2, 0.25) is 0 Å². The maximum Gasteiger partial charge on any atom is 0.276 e. The molecule has 3 aromatic heterocycles. The van der Waals surface area contributed by atoms with Crippen LogP contribution in [0.4, 0.5) is 0 Å². The number of nitrogens with zero attached hydrogens (tertiary/aromatic N) is 5. The molecule has 1 amide bonds. The first-order chi connectivity index (χ1) is 15.1. The van der Waals surface area contributed by atoms with Crippen LogP contribution in [0.1, 0.15) is 60.4 Å². The molecule has 0 N–H and O–H groups in total. The molecule has 7 heteroatoms. The standard InChI is InChI=1S/C24H27N5O2/c1-16-20-23(31)27(18-6-7-18)13-14-28(20)19(26-22(16)30)15-24(9-2-3-10-24)29-12-8-17-5-4-11-25-21(17)29/h4-5,8,11-12,18H,2-3,6-7,9-10,13-15H2,1H3. The molecular formula is C24H27N5O2. The topological polar surface area (TPSA) is 73.0 Å². The number of aromatic nitrogens is 4. The molecule has 3 aromatic rings. The Morgan fingerprint density at radius 3 is 2.71 bits per heavy atom. The molecule has 2 saturated carbocycles. The van der Waals surface area contributed by atoms with Crippen molar-refractivity contribution in [2.24, 2.45) is 0 Å². The third kappa shape index (κ3) is 2.86. The second kappa shape index (κ2) is 6.77. The van der Waals surface area contributed by atoms with E-state index in [9.17, 15) is 9.59 Å². The van der Waals surface area contributed by atoms with Crippen molar-refractivity contribution < 1.29 is 4.79 Å². The van der Waals surface area contributed by atoms with Gasteiger partial charge in [0.15, 0.2) is 0 Å². The Morgan fingerprint density at radius 1 is 1.13 bits per heavy atom. The van der Waals surface area contributed by atoms with Crippen molar-refractivity contribution in [1.82, 2.24) is 24.0 Å². The molecule has 2 fully saturated rings. The van der Waals surface area contributed by atoms with Gasteiger partial charge in [0.25, 0.3) is 11.5 Å². The highest BCUT2D eigenvalue weighted by Gasteiger charge is 2.41. The zero-order chi connectivity index (χ0) is 21.2. The molecule has 0 unspecified atom stereocenters.